The lowest BCUT2D eigenvalue weighted by molar-refractivity contribution is -0.142. The molecule has 2 atom stereocenters. The highest BCUT2D eigenvalue weighted by molar-refractivity contribution is 5.96. The number of carbonyl (C=O) groups excluding carboxylic acids is 1. The Kier molecular flexibility index (Phi) is 5.20. The van der Waals surface area contributed by atoms with Crippen LogP contribution in [-0.4, -0.2) is 30.1 Å². The van der Waals surface area contributed by atoms with E-state index < -0.39 is 5.97 Å². The summed E-state index contributed by atoms with van der Waals surface area (Å²) in [5, 5.41) is 12.0. The maximum Gasteiger partial charge on any atom is 0.306 e. The van der Waals surface area contributed by atoms with E-state index in [4.69, 9.17) is 9.84 Å². The lowest BCUT2D eigenvalue weighted by Crippen LogP contribution is -2.33. The predicted octanol–water partition coefficient (Wildman–Crippen LogP) is 2.32. The molecule has 1 aromatic carbocycles. The molecular formula is C16H21NO4. The van der Waals surface area contributed by atoms with Gasteiger partial charge in [-0.1, -0.05) is 18.6 Å². The minimum Gasteiger partial charge on any atom is -0.493 e. The summed E-state index contributed by atoms with van der Waals surface area (Å²) in [6, 6.07) is 7.07. The lowest BCUT2D eigenvalue weighted by atomic mass is 9.96. The average molecular weight is 291 g/mol. The van der Waals surface area contributed by atoms with Crippen LogP contribution >= 0.6 is 0 Å². The number of benzene rings is 1. The van der Waals surface area contributed by atoms with Crippen molar-refractivity contribution in [1.29, 1.82) is 0 Å². The number of nitrogens with one attached hydrogen (secondary N) is 1. The number of hydrogen-bond donors (Lipinski definition) is 2. The quantitative estimate of drug-likeness (QED) is 0.843. The fourth-order valence-corrected chi connectivity index (χ4v) is 2.86. The van der Waals surface area contributed by atoms with Crippen molar-refractivity contribution in [2.24, 2.45) is 11.8 Å². The Balaban J connectivity index is 1.97. The van der Waals surface area contributed by atoms with Gasteiger partial charge in [-0.2, -0.15) is 0 Å². The molecular weight excluding hydrogens is 270 g/mol. The van der Waals surface area contributed by atoms with Crippen molar-refractivity contribution in [1.82, 2.24) is 5.32 Å². The fraction of sp³-hybridized carbons (Fsp3) is 0.500. The molecule has 5 heteroatoms. The van der Waals surface area contributed by atoms with Crippen molar-refractivity contribution in [3.63, 3.8) is 0 Å². The number of carbonyl (C=O) groups is 2. The van der Waals surface area contributed by atoms with E-state index in [1.165, 1.54) is 0 Å². The van der Waals surface area contributed by atoms with Crippen molar-refractivity contribution in [2.45, 2.75) is 26.2 Å². The number of carboxylic acid groups (broad SMARTS) is 1. The molecule has 114 valence electrons. The summed E-state index contributed by atoms with van der Waals surface area (Å²) in [6.45, 7) is 2.76. The van der Waals surface area contributed by atoms with E-state index in [1.807, 2.05) is 13.0 Å². The summed E-state index contributed by atoms with van der Waals surface area (Å²) >= 11 is 0. The van der Waals surface area contributed by atoms with Crippen LogP contribution in [-0.2, 0) is 4.79 Å². The van der Waals surface area contributed by atoms with Gasteiger partial charge in [0.25, 0.3) is 5.91 Å². The van der Waals surface area contributed by atoms with Gasteiger partial charge in [0.15, 0.2) is 0 Å². The molecule has 2 rings (SSSR count). The van der Waals surface area contributed by atoms with E-state index >= 15 is 0 Å². The largest absolute Gasteiger partial charge is 0.493 e. The molecule has 0 aromatic heterocycles. The number of aliphatic carboxylic acids is 1. The van der Waals surface area contributed by atoms with Gasteiger partial charge in [0.1, 0.15) is 5.75 Å². The van der Waals surface area contributed by atoms with Gasteiger partial charge in [0.05, 0.1) is 18.1 Å². The molecule has 1 fully saturated rings. The zero-order chi connectivity index (χ0) is 15.2. The zero-order valence-electron chi connectivity index (χ0n) is 12.2. The van der Waals surface area contributed by atoms with E-state index in [2.05, 4.69) is 5.32 Å². The zero-order valence-corrected chi connectivity index (χ0v) is 12.2. The molecule has 0 spiro atoms. The van der Waals surface area contributed by atoms with Crippen LogP contribution in [0.15, 0.2) is 24.3 Å². The van der Waals surface area contributed by atoms with Gasteiger partial charge in [0, 0.05) is 6.54 Å². The van der Waals surface area contributed by atoms with Crippen LogP contribution in [0, 0.1) is 11.8 Å². The molecule has 0 radical (unpaired) electrons. The lowest BCUT2D eigenvalue weighted by Gasteiger charge is -2.17. The first-order valence-electron chi connectivity index (χ1n) is 7.36. The number of rotatable bonds is 6. The van der Waals surface area contributed by atoms with Crippen LogP contribution in [0.3, 0.4) is 0 Å². The van der Waals surface area contributed by atoms with Gasteiger partial charge < -0.3 is 15.2 Å². The van der Waals surface area contributed by atoms with Gasteiger partial charge in [-0.3, -0.25) is 9.59 Å². The van der Waals surface area contributed by atoms with Crippen LogP contribution in [0.25, 0.3) is 0 Å². The normalized spacial score (nSPS) is 21.0. The smallest absolute Gasteiger partial charge is 0.306 e. The van der Waals surface area contributed by atoms with E-state index in [0.717, 1.165) is 12.8 Å². The Morgan fingerprint density at radius 2 is 2.10 bits per heavy atom. The number of amides is 1. The van der Waals surface area contributed by atoms with E-state index in [0.29, 0.717) is 30.9 Å². The molecule has 1 aliphatic rings. The Bertz CT molecular complexity index is 515. The molecule has 1 aromatic rings. The van der Waals surface area contributed by atoms with Gasteiger partial charge >= 0.3 is 5.97 Å². The molecule has 21 heavy (non-hydrogen) atoms. The summed E-state index contributed by atoms with van der Waals surface area (Å²) in [6.07, 6.45) is 2.46. The van der Waals surface area contributed by atoms with Crippen LogP contribution in [0.5, 0.6) is 5.75 Å². The molecule has 0 saturated heterocycles. The van der Waals surface area contributed by atoms with Gasteiger partial charge in [-0.15, -0.1) is 0 Å². The Morgan fingerprint density at radius 3 is 2.81 bits per heavy atom. The number of ether oxygens (including phenoxy) is 1. The summed E-state index contributed by atoms with van der Waals surface area (Å²) in [4.78, 5) is 23.4. The monoisotopic (exact) mass is 291 g/mol. The average Bonchev–Trinajstić information content (AvgIpc) is 2.94. The van der Waals surface area contributed by atoms with Crippen molar-refractivity contribution < 1.29 is 19.4 Å². The summed E-state index contributed by atoms with van der Waals surface area (Å²) in [5.41, 5.74) is 0.490. The third-order valence-electron chi connectivity index (χ3n) is 3.93. The topological polar surface area (TPSA) is 75.6 Å². The summed E-state index contributed by atoms with van der Waals surface area (Å²) < 4.78 is 5.43. The van der Waals surface area contributed by atoms with Gasteiger partial charge in [0.2, 0.25) is 0 Å². The second kappa shape index (κ2) is 7.11. The Labute approximate surface area is 124 Å². The maximum absolute atomic E-state index is 12.2. The second-order valence-electron chi connectivity index (χ2n) is 5.27. The molecule has 2 N–H and O–H groups in total. The first kappa shape index (κ1) is 15.4. The fourth-order valence-electron chi connectivity index (χ4n) is 2.86. The van der Waals surface area contributed by atoms with Crippen LogP contribution in [0.2, 0.25) is 0 Å². The molecule has 2 unspecified atom stereocenters. The Hall–Kier alpha value is -2.04. The van der Waals surface area contributed by atoms with Gasteiger partial charge in [-0.05, 0) is 37.8 Å². The highest BCUT2D eigenvalue weighted by atomic mass is 16.5. The molecule has 5 nitrogen and oxygen atoms in total. The van der Waals surface area contributed by atoms with E-state index in [9.17, 15) is 9.59 Å². The highest BCUT2D eigenvalue weighted by Crippen LogP contribution is 2.31. The maximum atomic E-state index is 12.2. The molecule has 0 heterocycles. The van der Waals surface area contributed by atoms with Crippen molar-refractivity contribution in [3.05, 3.63) is 29.8 Å². The molecule has 1 saturated carbocycles. The molecule has 0 aliphatic heterocycles. The van der Waals surface area contributed by atoms with Crippen molar-refractivity contribution in [3.8, 4) is 5.75 Å². The van der Waals surface area contributed by atoms with Crippen LogP contribution in [0.1, 0.15) is 36.5 Å². The van der Waals surface area contributed by atoms with E-state index in [1.54, 1.807) is 18.2 Å². The molecule has 1 amide bonds. The third-order valence-corrected chi connectivity index (χ3v) is 3.93. The number of carboxylic acids is 1. The van der Waals surface area contributed by atoms with Crippen molar-refractivity contribution in [2.75, 3.05) is 13.2 Å². The van der Waals surface area contributed by atoms with Gasteiger partial charge in [-0.25, -0.2) is 0 Å². The predicted molar refractivity (Wildman–Crippen MR) is 78.4 cm³/mol. The highest BCUT2D eigenvalue weighted by Gasteiger charge is 2.33. The van der Waals surface area contributed by atoms with Crippen LogP contribution in [0.4, 0.5) is 0 Å². The SMILES string of the molecule is CCOc1ccccc1C(=O)NCC1CCCC1C(=O)O. The van der Waals surface area contributed by atoms with E-state index in [-0.39, 0.29) is 17.7 Å². The number of para-hydroxylation sites is 1. The second-order valence-corrected chi connectivity index (χ2v) is 5.27. The van der Waals surface area contributed by atoms with Crippen molar-refractivity contribution >= 4 is 11.9 Å². The van der Waals surface area contributed by atoms with Crippen LogP contribution < -0.4 is 10.1 Å². The summed E-state index contributed by atoms with van der Waals surface area (Å²) in [7, 11) is 0. The first-order chi connectivity index (χ1) is 10.1. The molecule has 1 aliphatic carbocycles. The standard InChI is InChI=1S/C16H21NO4/c1-2-21-14-9-4-3-7-13(14)15(18)17-10-11-6-5-8-12(11)16(19)20/h3-4,7,9,11-12H,2,5-6,8,10H2,1H3,(H,17,18)(H,19,20). The first-order valence-corrected chi connectivity index (χ1v) is 7.36. The summed E-state index contributed by atoms with van der Waals surface area (Å²) in [5.74, 6) is -0.742. The minimum atomic E-state index is -0.763. The minimum absolute atomic E-state index is 0.0192. The Morgan fingerprint density at radius 1 is 1.33 bits per heavy atom. The third kappa shape index (κ3) is 3.74. The molecule has 0 bridgehead atoms. The number of hydrogen-bond acceptors (Lipinski definition) is 3.